The Balaban J connectivity index is 0.000000360. The van der Waals surface area contributed by atoms with Gasteiger partial charge in [-0.05, 0) is 7.05 Å². The van der Waals surface area contributed by atoms with Crippen LogP contribution < -0.4 is 0 Å². The van der Waals surface area contributed by atoms with E-state index in [-0.39, 0.29) is 20.4 Å². The summed E-state index contributed by atoms with van der Waals surface area (Å²) in [6.07, 6.45) is 2.78. The first-order valence-corrected chi connectivity index (χ1v) is 2.03. The van der Waals surface area contributed by atoms with Crippen molar-refractivity contribution in [3.05, 3.63) is 0 Å². The van der Waals surface area contributed by atoms with Gasteiger partial charge in [-0.15, -0.1) is 0 Å². The standard InChI is InChI=1S/C4H7N2.Re/c1-6-3-2-5-4-6;/h2-3H2,1H3;/q-1;. The summed E-state index contributed by atoms with van der Waals surface area (Å²) in [5, 5.41) is 0. The minimum atomic E-state index is 0. The summed E-state index contributed by atoms with van der Waals surface area (Å²) in [5.74, 6) is 0. The molecule has 0 aromatic heterocycles. The molecule has 1 rings (SSSR count). The van der Waals surface area contributed by atoms with Crippen LogP contribution in [0.15, 0.2) is 4.99 Å². The van der Waals surface area contributed by atoms with Gasteiger partial charge in [-0.3, -0.25) is 6.34 Å². The molecule has 0 N–H and O–H groups in total. The molecule has 2 nitrogen and oxygen atoms in total. The van der Waals surface area contributed by atoms with E-state index in [1.807, 2.05) is 11.9 Å². The molecule has 1 aliphatic heterocycles. The quantitative estimate of drug-likeness (QED) is 0.558. The molecule has 7 heavy (non-hydrogen) atoms. The van der Waals surface area contributed by atoms with Crippen molar-refractivity contribution in [1.82, 2.24) is 4.90 Å². The zero-order valence-corrected chi connectivity index (χ0v) is 6.90. The summed E-state index contributed by atoms with van der Waals surface area (Å²) in [6.45, 7) is 1.97. The van der Waals surface area contributed by atoms with Crippen LogP contribution in [0.2, 0.25) is 0 Å². The molecule has 0 aromatic carbocycles. The zero-order valence-electron chi connectivity index (χ0n) is 4.19. The molecule has 1 radical (unpaired) electrons. The molecule has 1 heterocycles. The molecule has 0 bridgehead atoms. The van der Waals surface area contributed by atoms with E-state index in [1.165, 1.54) is 0 Å². The molecule has 0 spiro atoms. The van der Waals surface area contributed by atoms with E-state index in [0.717, 1.165) is 13.1 Å². The Morgan fingerprint density at radius 1 is 1.71 bits per heavy atom. The van der Waals surface area contributed by atoms with Crippen molar-refractivity contribution in [2.45, 2.75) is 0 Å². The Hall–Kier alpha value is 0.132. The van der Waals surface area contributed by atoms with Gasteiger partial charge in [0.1, 0.15) is 0 Å². The van der Waals surface area contributed by atoms with Crippen LogP contribution >= 0.6 is 0 Å². The third-order valence-corrected chi connectivity index (χ3v) is 0.789. The molecule has 0 unspecified atom stereocenters. The first kappa shape index (κ1) is 7.13. The Kier molecular flexibility index (Phi) is 3.24. The predicted octanol–water partition coefficient (Wildman–Crippen LogP) is -0.165. The fourth-order valence-corrected chi connectivity index (χ4v) is 0.421. The summed E-state index contributed by atoms with van der Waals surface area (Å²) >= 11 is 0. The second-order valence-corrected chi connectivity index (χ2v) is 1.40. The van der Waals surface area contributed by atoms with Crippen molar-refractivity contribution in [3.8, 4) is 0 Å². The Labute approximate surface area is 57.3 Å². The smallest absolute Gasteiger partial charge is 0.0166 e. The molecule has 1 aliphatic rings. The molecule has 0 aromatic rings. The molecule has 0 saturated carbocycles. The fourth-order valence-electron chi connectivity index (χ4n) is 0.421. The van der Waals surface area contributed by atoms with Gasteiger partial charge in [0.2, 0.25) is 0 Å². The minimum absolute atomic E-state index is 0. The number of hydrogen-bond acceptors (Lipinski definition) is 2. The van der Waals surface area contributed by atoms with Crippen molar-refractivity contribution in [1.29, 1.82) is 0 Å². The molecule has 0 amide bonds. The summed E-state index contributed by atoms with van der Waals surface area (Å²) in [6, 6.07) is 0. The van der Waals surface area contributed by atoms with Gasteiger partial charge >= 0.3 is 0 Å². The SMILES string of the molecule is CN1[C-]=NCC1.[Re]. The third kappa shape index (κ3) is 2.06. The van der Waals surface area contributed by atoms with Crippen LogP contribution in [0.3, 0.4) is 0 Å². The molecule has 0 aliphatic carbocycles. The molecule has 3 heteroatoms. The molecule has 0 fully saturated rings. The number of likely N-dealkylation sites (N-methyl/N-ethyl adjacent to an activating group) is 1. The van der Waals surface area contributed by atoms with Gasteiger partial charge in [-0.2, -0.15) is 0 Å². The Morgan fingerprint density at radius 2 is 2.43 bits per heavy atom. The largest absolute Gasteiger partial charge is 0.539 e. The molecule has 41 valence electrons. The van der Waals surface area contributed by atoms with E-state index in [0.29, 0.717) is 0 Å². The van der Waals surface area contributed by atoms with Gasteiger partial charge in [0.05, 0.1) is 0 Å². The van der Waals surface area contributed by atoms with Crippen LogP contribution in [0.5, 0.6) is 0 Å². The maximum Gasteiger partial charge on any atom is 0.0166 e. The third-order valence-electron chi connectivity index (χ3n) is 0.789. The normalized spacial score (nSPS) is 17.0. The number of nitrogens with zero attached hydrogens (tertiary/aromatic N) is 2. The second kappa shape index (κ2) is 3.18. The summed E-state index contributed by atoms with van der Waals surface area (Å²) in [4.78, 5) is 5.78. The van der Waals surface area contributed by atoms with Gasteiger partial charge in [0.15, 0.2) is 0 Å². The average molecular weight is 269 g/mol. The number of aliphatic imine (C=N–C) groups is 1. The van der Waals surface area contributed by atoms with Crippen molar-refractivity contribution < 1.29 is 20.4 Å². The van der Waals surface area contributed by atoms with E-state index in [9.17, 15) is 0 Å². The van der Waals surface area contributed by atoms with Crippen LogP contribution in [0.25, 0.3) is 0 Å². The molecular formula is C4H7N2Re-. The van der Waals surface area contributed by atoms with Crippen molar-refractivity contribution in [3.63, 3.8) is 0 Å². The van der Waals surface area contributed by atoms with Gasteiger partial charge < -0.3 is 9.89 Å². The molecule has 0 saturated heterocycles. The summed E-state index contributed by atoms with van der Waals surface area (Å²) < 4.78 is 0. The second-order valence-electron chi connectivity index (χ2n) is 1.40. The van der Waals surface area contributed by atoms with E-state index in [1.54, 1.807) is 0 Å². The number of rotatable bonds is 0. The fraction of sp³-hybridized carbons (Fsp3) is 0.750. The van der Waals surface area contributed by atoms with E-state index < -0.39 is 0 Å². The first-order chi connectivity index (χ1) is 2.89. The van der Waals surface area contributed by atoms with E-state index in [2.05, 4.69) is 11.3 Å². The monoisotopic (exact) mass is 270 g/mol. The van der Waals surface area contributed by atoms with Crippen molar-refractivity contribution in [2.24, 2.45) is 4.99 Å². The average Bonchev–Trinajstić information content (AvgIpc) is 1.86. The van der Waals surface area contributed by atoms with Gasteiger partial charge in [-0.25, -0.2) is 0 Å². The topological polar surface area (TPSA) is 15.6 Å². The summed E-state index contributed by atoms with van der Waals surface area (Å²) in [5.41, 5.74) is 0. The van der Waals surface area contributed by atoms with Gasteiger partial charge in [0.25, 0.3) is 0 Å². The van der Waals surface area contributed by atoms with Gasteiger partial charge in [0, 0.05) is 33.5 Å². The van der Waals surface area contributed by atoms with Crippen LogP contribution in [0.1, 0.15) is 0 Å². The van der Waals surface area contributed by atoms with Crippen LogP contribution in [0, 0.1) is 0 Å². The van der Waals surface area contributed by atoms with E-state index in [4.69, 9.17) is 0 Å². The number of hydrogen-bond donors (Lipinski definition) is 0. The summed E-state index contributed by atoms with van der Waals surface area (Å²) in [7, 11) is 1.97. The minimum Gasteiger partial charge on any atom is -0.539 e. The molecule has 0 atom stereocenters. The van der Waals surface area contributed by atoms with Crippen LogP contribution in [-0.2, 0) is 20.4 Å². The van der Waals surface area contributed by atoms with Crippen LogP contribution in [-0.4, -0.2) is 31.4 Å². The first-order valence-electron chi connectivity index (χ1n) is 2.03. The van der Waals surface area contributed by atoms with Gasteiger partial charge in [-0.1, -0.05) is 0 Å². The van der Waals surface area contributed by atoms with Crippen molar-refractivity contribution >= 4 is 6.34 Å². The Bertz CT molecular complexity index is 72.1. The van der Waals surface area contributed by atoms with E-state index >= 15 is 0 Å². The predicted molar refractivity (Wildman–Crippen MR) is 24.9 cm³/mol. The van der Waals surface area contributed by atoms with Crippen molar-refractivity contribution in [2.75, 3.05) is 20.1 Å². The molecular weight excluding hydrogens is 262 g/mol. The maximum atomic E-state index is 3.84. The van der Waals surface area contributed by atoms with Crippen LogP contribution in [0.4, 0.5) is 0 Å². The zero-order chi connectivity index (χ0) is 4.41. The Morgan fingerprint density at radius 3 is 2.57 bits per heavy atom. The maximum absolute atomic E-state index is 3.84.